The third-order valence-corrected chi connectivity index (χ3v) is 4.36. The first-order valence-electron chi connectivity index (χ1n) is 9.37. The maximum absolute atomic E-state index is 13.6. The van der Waals surface area contributed by atoms with Crippen molar-refractivity contribution in [1.82, 2.24) is 15.3 Å². The number of methoxy groups -OCH3 is 1. The Morgan fingerprint density at radius 3 is 2.76 bits per heavy atom. The number of amides is 1. The Balaban J connectivity index is 1.49. The zero-order valence-electron chi connectivity index (χ0n) is 16.2. The van der Waals surface area contributed by atoms with Crippen LogP contribution in [0.15, 0.2) is 60.8 Å². The second-order valence-corrected chi connectivity index (χ2v) is 6.39. The summed E-state index contributed by atoms with van der Waals surface area (Å²) in [6.45, 7) is 0.938. The molecule has 0 radical (unpaired) electrons. The van der Waals surface area contributed by atoms with E-state index in [1.54, 1.807) is 31.4 Å². The number of anilines is 1. The predicted octanol–water partition coefficient (Wildman–Crippen LogP) is 3.25. The number of nitrogens with one attached hydrogen (secondary N) is 2. The molecular weight excluding hydrogens is 371 g/mol. The van der Waals surface area contributed by atoms with Crippen LogP contribution < -0.4 is 15.4 Å². The summed E-state index contributed by atoms with van der Waals surface area (Å²) >= 11 is 0. The van der Waals surface area contributed by atoms with Crippen LogP contribution in [0, 0.1) is 5.82 Å². The Morgan fingerprint density at radius 2 is 1.93 bits per heavy atom. The molecule has 0 unspecified atom stereocenters. The van der Waals surface area contributed by atoms with Crippen molar-refractivity contribution >= 4 is 11.9 Å². The lowest BCUT2D eigenvalue weighted by molar-refractivity contribution is 0.0949. The highest BCUT2D eigenvalue weighted by Gasteiger charge is 2.09. The highest BCUT2D eigenvalue weighted by atomic mass is 19.1. The summed E-state index contributed by atoms with van der Waals surface area (Å²) in [6, 6.07) is 15.9. The molecule has 150 valence electrons. The monoisotopic (exact) mass is 394 g/mol. The van der Waals surface area contributed by atoms with E-state index in [2.05, 4.69) is 20.6 Å². The van der Waals surface area contributed by atoms with Crippen molar-refractivity contribution in [3.8, 4) is 5.75 Å². The molecule has 7 heteroatoms. The second kappa shape index (κ2) is 10.2. The molecule has 0 saturated carbocycles. The van der Waals surface area contributed by atoms with E-state index in [1.165, 1.54) is 12.3 Å². The Bertz CT molecular complexity index is 965. The van der Waals surface area contributed by atoms with Crippen LogP contribution in [0.1, 0.15) is 21.6 Å². The zero-order chi connectivity index (χ0) is 20.5. The normalized spacial score (nSPS) is 10.4. The molecule has 2 N–H and O–H groups in total. The van der Waals surface area contributed by atoms with Crippen LogP contribution in [0.3, 0.4) is 0 Å². The fraction of sp³-hybridized carbons (Fsp3) is 0.227. The first-order chi connectivity index (χ1) is 14.2. The van der Waals surface area contributed by atoms with Crippen LogP contribution in [0.4, 0.5) is 10.3 Å². The predicted molar refractivity (Wildman–Crippen MR) is 110 cm³/mol. The number of hydrogen-bond acceptors (Lipinski definition) is 5. The molecule has 1 amide bonds. The third-order valence-electron chi connectivity index (χ3n) is 4.36. The SMILES string of the molecule is COc1cccc(CCNc2nccc(C(=O)NCCc3ccccc3F)n2)c1. The molecule has 0 bridgehead atoms. The van der Waals surface area contributed by atoms with Gasteiger partial charge in [0, 0.05) is 19.3 Å². The number of ether oxygens (including phenoxy) is 1. The summed E-state index contributed by atoms with van der Waals surface area (Å²) in [5.41, 5.74) is 1.95. The quantitative estimate of drug-likeness (QED) is 0.583. The summed E-state index contributed by atoms with van der Waals surface area (Å²) in [5.74, 6) is 0.605. The van der Waals surface area contributed by atoms with Crippen molar-refractivity contribution < 1.29 is 13.9 Å². The van der Waals surface area contributed by atoms with Gasteiger partial charge in [0.25, 0.3) is 5.91 Å². The van der Waals surface area contributed by atoms with Gasteiger partial charge in [0.2, 0.25) is 5.95 Å². The second-order valence-electron chi connectivity index (χ2n) is 6.39. The van der Waals surface area contributed by atoms with Gasteiger partial charge in [-0.1, -0.05) is 30.3 Å². The number of halogens is 1. The van der Waals surface area contributed by atoms with Crippen molar-refractivity contribution in [2.24, 2.45) is 0 Å². The van der Waals surface area contributed by atoms with Crippen LogP contribution in [-0.4, -0.2) is 36.1 Å². The van der Waals surface area contributed by atoms with Gasteiger partial charge in [-0.25, -0.2) is 14.4 Å². The highest BCUT2D eigenvalue weighted by Crippen LogP contribution is 2.13. The molecule has 0 atom stereocenters. The van der Waals surface area contributed by atoms with E-state index in [1.807, 2.05) is 24.3 Å². The Kier molecular flexibility index (Phi) is 7.10. The number of rotatable bonds is 9. The molecule has 0 aliphatic carbocycles. The Hall–Kier alpha value is -3.48. The average molecular weight is 394 g/mol. The van der Waals surface area contributed by atoms with E-state index in [0.717, 1.165) is 17.7 Å². The summed E-state index contributed by atoms with van der Waals surface area (Å²) in [5, 5.41) is 5.88. The standard InChI is InChI=1S/C22H23FN4O2/c1-29-18-7-4-5-16(15-18)9-12-25-22-26-14-11-20(27-22)21(28)24-13-10-17-6-2-3-8-19(17)23/h2-8,11,14-15H,9-10,12-13H2,1H3,(H,24,28)(H,25,26,27). The lowest BCUT2D eigenvalue weighted by Gasteiger charge is -2.08. The van der Waals surface area contributed by atoms with Crippen LogP contribution in [-0.2, 0) is 12.8 Å². The van der Waals surface area contributed by atoms with Crippen LogP contribution in [0.25, 0.3) is 0 Å². The van der Waals surface area contributed by atoms with E-state index >= 15 is 0 Å². The lowest BCUT2D eigenvalue weighted by atomic mass is 10.1. The molecule has 0 aliphatic heterocycles. The average Bonchev–Trinajstić information content (AvgIpc) is 2.75. The molecule has 0 fully saturated rings. The highest BCUT2D eigenvalue weighted by molar-refractivity contribution is 5.92. The first-order valence-corrected chi connectivity index (χ1v) is 9.37. The molecular formula is C22H23FN4O2. The summed E-state index contributed by atoms with van der Waals surface area (Å²) < 4.78 is 18.8. The summed E-state index contributed by atoms with van der Waals surface area (Å²) in [4.78, 5) is 20.7. The third kappa shape index (κ3) is 6.00. The minimum Gasteiger partial charge on any atom is -0.497 e. The molecule has 0 saturated heterocycles. The fourth-order valence-electron chi connectivity index (χ4n) is 2.82. The summed E-state index contributed by atoms with van der Waals surface area (Å²) in [6.07, 6.45) is 2.71. The topological polar surface area (TPSA) is 76.1 Å². The van der Waals surface area contributed by atoms with Crippen LogP contribution >= 0.6 is 0 Å². The Labute approximate surface area is 169 Å². The largest absolute Gasteiger partial charge is 0.497 e. The maximum Gasteiger partial charge on any atom is 0.270 e. The number of aromatic nitrogens is 2. The van der Waals surface area contributed by atoms with Crippen molar-refractivity contribution in [2.45, 2.75) is 12.8 Å². The van der Waals surface area contributed by atoms with Crippen molar-refractivity contribution in [1.29, 1.82) is 0 Å². The van der Waals surface area contributed by atoms with Gasteiger partial charge in [-0.2, -0.15) is 0 Å². The molecule has 3 rings (SSSR count). The number of carbonyl (C=O) groups excluding carboxylic acids is 1. The Morgan fingerprint density at radius 1 is 1.07 bits per heavy atom. The number of hydrogen-bond donors (Lipinski definition) is 2. The van der Waals surface area contributed by atoms with E-state index in [4.69, 9.17) is 4.74 Å². The molecule has 1 aromatic heterocycles. The minimum atomic E-state index is -0.320. The van der Waals surface area contributed by atoms with E-state index < -0.39 is 0 Å². The van der Waals surface area contributed by atoms with E-state index in [-0.39, 0.29) is 17.4 Å². The van der Waals surface area contributed by atoms with Gasteiger partial charge < -0.3 is 15.4 Å². The van der Waals surface area contributed by atoms with Gasteiger partial charge in [0.15, 0.2) is 0 Å². The maximum atomic E-state index is 13.6. The molecule has 0 aliphatic rings. The van der Waals surface area contributed by atoms with Crippen molar-refractivity contribution in [2.75, 3.05) is 25.5 Å². The zero-order valence-corrected chi connectivity index (χ0v) is 16.2. The molecule has 6 nitrogen and oxygen atoms in total. The number of carbonyl (C=O) groups is 1. The molecule has 1 heterocycles. The van der Waals surface area contributed by atoms with Gasteiger partial charge >= 0.3 is 0 Å². The van der Waals surface area contributed by atoms with Gasteiger partial charge in [0.1, 0.15) is 17.3 Å². The molecule has 3 aromatic rings. The molecule has 0 spiro atoms. The van der Waals surface area contributed by atoms with Gasteiger partial charge in [-0.3, -0.25) is 4.79 Å². The van der Waals surface area contributed by atoms with E-state index in [0.29, 0.717) is 31.0 Å². The van der Waals surface area contributed by atoms with E-state index in [9.17, 15) is 9.18 Å². The van der Waals surface area contributed by atoms with Crippen LogP contribution in [0.2, 0.25) is 0 Å². The molecule has 29 heavy (non-hydrogen) atoms. The van der Waals surface area contributed by atoms with Crippen molar-refractivity contribution in [3.63, 3.8) is 0 Å². The fourth-order valence-corrected chi connectivity index (χ4v) is 2.82. The summed E-state index contributed by atoms with van der Waals surface area (Å²) in [7, 11) is 1.64. The van der Waals surface area contributed by atoms with Gasteiger partial charge in [-0.05, 0) is 48.2 Å². The lowest BCUT2D eigenvalue weighted by Crippen LogP contribution is -2.27. The van der Waals surface area contributed by atoms with Gasteiger partial charge in [-0.15, -0.1) is 0 Å². The number of nitrogens with zero attached hydrogens (tertiary/aromatic N) is 2. The minimum absolute atomic E-state index is 0.261. The smallest absolute Gasteiger partial charge is 0.270 e. The molecule has 2 aromatic carbocycles. The number of benzene rings is 2. The van der Waals surface area contributed by atoms with Gasteiger partial charge in [0.05, 0.1) is 7.11 Å². The van der Waals surface area contributed by atoms with Crippen molar-refractivity contribution in [3.05, 3.63) is 83.4 Å². The van der Waals surface area contributed by atoms with Crippen LogP contribution in [0.5, 0.6) is 5.75 Å². The first kappa shape index (κ1) is 20.3.